The molecule has 1 N–H and O–H groups in total. The van der Waals surface area contributed by atoms with Crippen LogP contribution in [-0.2, 0) is 21.4 Å². The lowest BCUT2D eigenvalue weighted by Gasteiger charge is -2.29. The van der Waals surface area contributed by atoms with Crippen LogP contribution in [0.1, 0.15) is 57.7 Å². The summed E-state index contributed by atoms with van der Waals surface area (Å²) in [6.45, 7) is 12.3. The molecular weight excluding hydrogens is 348 g/mol. The van der Waals surface area contributed by atoms with Crippen LogP contribution in [0.15, 0.2) is 42.5 Å². The Bertz CT molecular complexity index is 850. The summed E-state index contributed by atoms with van der Waals surface area (Å²) in [7, 11) is 0. The molecule has 2 amide bonds. The van der Waals surface area contributed by atoms with Gasteiger partial charge in [0.1, 0.15) is 0 Å². The second-order valence-corrected chi connectivity index (χ2v) is 8.20. The molecule has 0 bridgehead atoms. The Morgan fingerprint density at radius 2 is 1.71 bits per heavy atom. The fourth-order valence-electron chi connectivity index (χ4n) is 3.41. The molecule has 0 unspecified atom stereocenters. The Labute approximate surface area is 169 Å². The molecule has 0 aliphatic carbocycles. The van der Waals surface area contributed by atoms with Crippen LogP contribution in [0.3, 0.4) is 0 Å². The first-order valence-corrected chi connectivity index (χ1v) is 9.91. The molecule has 0 radical (unpaired) electrons. The summed E-state index contributed by atoms with van der Waals surface area (Å²) < 4.78 is 0. The van der Waals surface area contributed by atoms with E-state index in [9.17, 15) is 9.59 Å². The van der Waals surface area contributed by atoms with Crippen molar-refractivity contribution in [2.75, 3.05) is 16.8 Å². The first kappa shape index (κ1) is 21.7. The Balaban J connectivity index is 2.18. The van der Waals surface area contributed by atoms with Crippen molar-refractivity contribution in [3.8, 4) is 0 Å². The first-order valence-electron chi connectivity index (χ1n) is 9.91. The molecule has 0 saturated carbocycles. The molecule has 2 aromatic rings. The van der Waals surface area contributed by atoms with E-state index in [1.807, 2.05) is 49.4 Å². The largest absolute Gasteiger partial charge is 0.326 e. The lowest BCUT2D eigenvalue weighted by molar-refractivity contribution is -0.117. The highest BCUT2D eigenvalue weighted by Gasteiger charge is 2.23. The molecule has 4 nitrogen and oxygen atoms in total. The molecule has 150 valence electrons. The normalized spacial score (nSPS) is 11.2. The highest BCUT2D eigenvalue weighted by molar-refractivity contribution is 5.96. The van der Waals surface area contributed by atoms with Gasteiger partial charge < -0.3 is 10.2 Å². The lowest BCUT2D eigenvalue weighted by atomic mass is 9.85. The Morgan fingerprint density at radius 1 is 1.04 bits per heavy atom. The number of benzene rings is 2. The number of aryl methyl sites for hydroxylation is 2. The van der Waals surface area contributed by atoms with Crippen LogP contribution >= 0.6 is 0 Å². The van der Waals surface area contributed by atoms with Gasteiger partial charge in [0.05, 0.1) is 0 Å². The topological polar surface area (TPSA) is 49.4 Å². The zero-order valence-corrected chi connectivity index (χ0v) is 17.9. The van der Waals surface area contributed by atoms with Crippen LogP contribution in [0.4, 0.5) is 11.4 Å². The minimum Gasteiger partial charge on any atom is -0.326 e. The minimum atomic E-state index is -0.0935. The summed E-state index contributed by atoms with van der Waals surface area (Å²) in [6.07, 6.45) is 1.10. The standard InChI is InChI=1S/C24H32N2O2/c1-7-19-12-10-11-17(2)23(19)25-22(28)15-16-26(18(3)27)21-14-9-8-13-20(21)24(4,5)6/h8-14H,7,15-16H2,1-6H3,(H,25,28). The van der Waals surface area contributed by atoms with Crippen LogP contribution in [0, 0.1) is 6.92 Å². The van der Waals surface area contributed by atoms with Gasteiger partial charge in [-0.3, -0.25) is 9.59 Å². The molecule has 28 heavy (non-hydrogen) atoms. The fourth-order valence-corrected chi connectivity index (χ4v) is 3.41. The molecule has 0 atom stereocenters. The molecule has 0 heterocycles. The molecule has 0 aliphatic heterocycles. The van der Waals surface area contributed by atoms with Crippen LogP contribution < -0.4 is 10.2 Å². The number of carbonyl (C=O) groups excluding carboxylic acids is 2. The molecule has 4 heteroatoms. The molecule has 2 rings (SSSR count). The van der Waals surface area contributed by atoms with Crippen molar-refractivity contribution in [2.24, 2.45) is 0 Å². The van der Waals surface area contributed by atoms with Gasteiger partial charge in [0, 0.05) is 31.3 Å². The number of nitrogens with zero attached hydrogens (tertiary/aromatic N) is 1. The van der Waals surface area contributed by atoms with E-state index in [0.29, 0.717) is 6.54 Å². The third-order valence-corrected chi connectivity index (χ3v) is 4.95. The summed E-state index contributed by atoms with van der Waals surface area (Å²) in [4.78, 5) is 26.7. The number of amides is 2. The third-order valence-electron chi connectivity index (χ3n) is 4.95. The number of hydrogen-bond acceptors (Lipinski definition) is 2. The van der Waals surface area contributed by atoms with Gasteiger partial charge in [-0.2, -0.15) is 0 Å². The number of rotatable bonds is 6. The lowest BCUT2D eigenvalue weighted by Crippen LogP contribution is -2.34. The second-order valence-electron chi connectivity index (χ2n) is 8.20. The van der Waals surface area contributed by atoms with Gasteiger partial charge in [0.25, 0.3) is 0 Å². The van der Waals surface area contributed by atoms with E-state index in [0.717, 1.165) is 34.5 Å². The van der Waals surface area contributed by atoms with Gasteiger partial charge in [0.2, 0.25) is 11.8 Å². The van der Waals surface area contributed by atoms with E-state index >= 15 is 0 Å². The van der Waals surface area contributed by atoms with Gasteiger partial charge in [0.15, 0.2) is 0 Å². The average Bonchev–Trinajstić information content (AvgIpc) is 2.63. The van der Waals surface area contributed by atoms with Crippen molar-refractivity contribution in [3.63, 3.8) is 0 Å². The molecule has 0 spiro atoms. The monoisotopic (exact) mass is 380 g/mol. The number of anilines is 2. The predicted molar refractivity (Wildman–Crippen MR) is 117 cm³/mol. The van der Waals surface area contributed by atoms with E-state index in [1.165, 1.54) is 0 Å². The Hall–Kier alpha value is -2.62. The molecule has 0 fully saturated rings. The van der Waals surface area contributed by atoms with Gasteiger partial charge >= 0.3 is 0 Å². The number of para-hydroxylation sites is 2. The Morgan fingerprint density at radius 3 is 2.32 bits per heavy atom. The van der Waals surface area contributed by atoms with Crippen LogP contribution in [0.25, 0.3) is 0 Å². The quantitative estimate of drug-likeness (QED) is 0.745. The zero-order chi connectivity index (χ0) is 20.9. The van der Waals surface area contributed by atoms with Gasteiger partial charge in [-0.25, -0.2) is 0 Å². The highest BCUT2D eigenvalue weighted by Crippen LogP contribution is 2.32. The van der Waals surface area contributed by atoms with Gasteiger partial charge in [-0.05, 0) is 41.5 Å². The molecule has 0 aromatic heterocycles. The summed E-state index contributed by atoms with van der Waals surface area (Å²) in [5.41, 5.74) is 4.94. The van der Waals surface area contributed by atoms with E-state index in [-0.39, 0.29) is 23.7 Å². The van der Waals surface area contributed by atoms with Crippen molar-refractivity contribution in [3.05, 3.63) is 59.2 Å². The van der Waals surface area contributed by atoms with Crippen molar-refractivity contribution in [2.45, 2.75) is 59.8 Å². The molecule has 2 aromatic carbocycles. The second kappa shape index (κ2) is 9.05. The van der Waals surface area contributed by atoms with Gasteiger partial charge in [-0.15, -0.1) is 0 Å². The fraction of sp³-hybridized carbons (Fsp3) is 0.417. The summed E-state index contributed by atoms with van der Waals surface area (Å²) >= 11 is 0. The maximum Gasteiger partial charge on any atom is 0.226 e. The van der Waals surface area contributed by atoms with E-state index in [4.69, 9.17) is 0 Å². The van der Waals surface area contributed by atoms with E-state index in [2.05, 4.69) is 33.0 Å². The first-order chi connectivity index (χ1) is 13.1. The van der Waals surface area contributed by atoms with Crippen molar-refractivity contribution in [1.82, 2.24) is 0 Å². The molecule has 0 aliphatic rings. The maximum absolute atomic E-state index is 12.6. The number of hydrogen-bond donors (Lipinski definition) is 1. The van der Waals surface area contributed by atoms with E-state index < -0.39 is 0 Å². The summed E-state index contributed by atoms with van der Waals surface area (Å²) in [6, 6.07) is 14.0. The minimum absolute atomic E-state index is 0.0605. The summed E-state index contributed by atoms with van der Waals surface area (Å²) in [5.74, 6) is -0.141. The average molecular weight is 381 g/mol. The zero-order valence-electron chi connectivity index (χ0n) is 17.9. The highest BCUT2D eigenvalue weighted by atomic mass is 16.2. The summed E-state index contributed by atoms with van der Waals surface area (Å²) in [5, 5.41) is 3.04. The van der Waals surface area contributed by atoms with Crippen LogP contribution in [0.5, 0.6) is 0 Å². The smallest absolute Gasteiger partial charge is 0.226 e. The van der Waals surface area contributed by atoms with Crippen molar-refractivity contribution in [1.29, 1.82) is 0 Å². The van der Waals surface area contributed by atoms with E-state index in [1.54, 1.807) is 11.8 Å². The number of nitrogens with one attached hydrogen (secondary N) is 1. The SMILES string of the molecule is CCc1cccc(C)c1NC(=O)CCN(C(C)=O)c1ccccc1C(C)(C)C. The molecular formula is C24H32N2O2. The van der Waals surface area contributed by atoms with Crippen LogP contribution in [-0.4, -0.2) is 18.4 Å². The van der Waals surface area contributed by atoms with Crippen molar-refractivity contribution >= 4 is 23.2 Å². The molecule has 0 saturated heterocycles. The number of carbonyl (C=O) groups is 2. The van der Waals surface area contributed by atoms with Crippen LogP contribution in [0.2, 0.25) is 0 Å². The maximum atomic E-state index is 12.6. The third kappa shape index (κ3) is 5.22. The van der Waals surface area contributed by atoms with Gasteiger partial charge in [-0.1, -0.05) is 64.1 Å². The predicted octanol–water partition coefficient (Wildman–Crippen LogP) is 5.24. The Kier molecular flexibility index (Phi) is 7.00. The van der Waals surface area contributed by atoms with Crippen molar-refractivity contribution < 1.29 is 9.59 Å².